The maximum absolute atomic E-state index is 13.6. The van der Waals surface area contributed by atoms with E-state index in [4.69, 9.17) is 0 Å². The van der Waals surface area contributed by atoms with Gasteiger partial charge in [0.1, 0.15) is 5.82 Å². The predicted octanol–water partition coefficient (Wildman–Crippen LogP) is 2.48. The SMILES string of the molecule is O=C(NCc1ccccc1F)[C@H]1CC(=O)N([C@H]2C[C@H]3CC[C@H]2C3)C1. The Kier molecular flexibility index (Phi) is 4.02. The number of nitrogens with zero attached hydrogens (tertiary/aromatic N) is 1. The first-order valence-electron chi connectivity index (χ1n) is 8.92. The number of hydrogen-bond donors (Lipinski definition) is 1. The number of nitrogens with one attached hydrogen (secondary N) is 1. The lowest BCUT2D eigenvalue weighted by molar-refractivity contribution is -0.131. The predicted molar refractivity (Wildman–Crippen MR) is 87.3 cm³/mol. The zero-order chi connectivity index (χ0) is 16.7. The van der Waals surface area contributed by atoms with Crippen LogP contribution in [-0.4, -0.2) is 29.3 Å². The number of fused-ring (bicyclic) bond motifs is 2. The molecule has 4 rings (SSSR count). The second-order valence-corrected chi connectivity index (χ2v) is 7.50. The summed E-state index contributed by atoms with van der Waals surface area (Å²) < 4.78 is 13.6. The lowest BCUT2D eigenvalue weighted by Gasteiger charge is -2.31. The van der Waals surface area contributed by atoms with Gasteiger partial charge in [-0.1, -0.05) is 24.6 Å². The molecule has 1 aromatic rings. The Hall–Kier alpha value is -1.91. The van der Waals surface area contributed by atoms with Crippen molar-refractivity contribution in [2.24, 2.45) is 17.8 Å². The van der Waals surface area contributed by atoms with Crippen molar-refractivity contribution in [3.63, 3.8) is 0 Å². The monoisotopic (exact) mass is 330 g/mol. The van der Waals surface area contributed by atoms with E-state index in [0.717, 1.165) is 12.3 Å². The topological polar surface area (TPSA) is 49.4 Å². The van der Waals surface area contributed by atoms with Crippen molar-refractivity contribution in [3.8, 4) is 0 Å². The smallest absolute Gasteiger partial charge is 0.225 e. The van der Waals surface area contributed by atoms with Crippen LogP contribution in [0.25, 0.3) is 0 Å². The normalized spacial score (nSPS) is 31.7. The van der Waals surface area contributed by atoms with Crippen LogP contribution in [0.15, 0.2) is 24.3 Å². The number of carbonyl (C=O) groups excluding carboxylic acids is 2. The third-order valence-electron chi connectivity index (χ3n) is 6.04. The summed E-state index contributed by atoms with van der Waals surface area (Å²) in [6.45, 7) is 0.695. The highest BCUT2D eigenvalue weighted by molar-refractivity contribution is 5.89. The van der Waals surface area contributed by atoms with Crippen LogP contribution in [0.4, 0.5) is 4.39 Å². The Labute approximate surface area is 141 Å². The Bertz CT molecular complexity index is 663. The average Bonchev–Trinajstić information content (AvgIpc) is 3.28. The molecule has 2 bridgehead atoms. The Balaban J connectivity index is 1.34. The Morgan fingerprint density at radius 1 is 1.25 bits per heavy atom. The van der Waals surface area contributed by atoms with Crippen LogP contribution in [0.1, 0.15) is 37.7 Å². The fourth-order valence-electron chi connectivity index (χ4n) is 4.79. The molecule has 3 fully saturated rings. The second kappa shape index (κ2) is 6.19. The highest BCUT2D eigenvalue weighted by Crippen LogP contribution is 2.47. The molecule has 2 aliphatic carbocycles. The molecule has 2 amide bonds. The van der Waals surface area contributed by atoms with Crippen molar-refractivity contribution < 1.29 is 14.0 Å². The minimum absolute atomic E-state index is 0.110. The zero-order valence-electron chi connectivity index (χ0n) is 13.7. The molecule has 1 heterocycles. The molecule has 0 aromatic heterocycles. The standard InChI is InChI=1S/C19H23FN2O2/c20-16-4-2-1-3-14(16)10-21-19(24)15-9-18(23)22(11-15)17-8-12-5-6-13(17)7-12/h1-4,12-13,15,17H,5-11H2,(H,21,24)/t12-,13-,15-,17-/m0/s1. The van der Waals surface area contributed by atoms with E-state index in [1.54, 1.807) is 18.2 Å². The average molecular weight is 330 g/mol. The van der Waals surface area contributed by atoms with Crippen molar-refractivity contribution in [2.75, 3.05) is 6.54 Å². The summed E-state index contributed by atoms with van der Waals surface area (Å²) in [6.07, 6.45) is 5.18. The van der Waals surface area contributed by atoms with Gasteiger partial charge in [-0.15, -0.1) is 0 Å². The number of amides is 2. The molecule has 24 heavy (non-hydrogen) atoms. The lowest BCUT2D eigenvalue weighted by atomic mass is 9.94. The van der Waals surface area contributed by atoms with Gasteiger partial charge in [0, 0.05) is 31.1 Å². The van der Waals surface area contributed by atoms with Crippen molar-refractivity contribution in [2.45, 2.75) is 44.7 Å². The van der Waals surface area contributed by atoms with E-state index in [1.807, 2.05) is 4.90 Å². The summed E-state index contributed by atoms with van der Waals surface area (Å²) in [5.41, 5.74) is 0.472. The first kappa shape index (κ1) is 15.6. The molecular formula is C19H23FN2O2. The van der Waals surface area contributed by atoms with E-state index < -0.39 is 0 Å². The maximum Gasteiger partial charge on any atom is 0.225 e. The molecule has 1 aromatic carbocycles. The fourth-order valence-corrected chi connectivity index (χ4v) is 4.79. The van der Waals surface area contributed by atoms with Gasteiger partial charge in [0.25, 0.3) is 0 Å². The number of likely N-dealkylation sites (tertiary alicyclic amines) is 1. The molecule has 0 radical (unpaired) electrons. The summed E-state index contributed by atoms with van der Waals surface area (Å²) in [5, 5.41) is 2.79. The van der Waals surface area contributed by atoms with Gasteiger partial charge in [0.2, 0.25) is 11.8 Å². The van der Waals surface area contributed by atoms with Gasteiger partial charge >= 0.3 is 0 Å². The summed E-state index contributed by atoms with van der Waals surface area (Å²) >= 11 is 0. The molecule has 5 heteroatoms. The largest absolute Gasteiger partial charge is 0.352 e. The molecule has 4 nitrogen and oxygen atoms in total. The number of halogens is 1. The molecule has 1 saturated heterocycles. The number of hydrogen-bond acceptors (Lipinski definition) is 2. The molecule has 0 spiro atoms. The summed E-state index contributed by atoms with van der Waals surface area (Å²) in [7, 11) is 0. The van der Waals surface area contributed by atoms with E-state index in [1.165, 1.54) is 25.3 Å². The number of carbonyl (C=O) groups is 2. The highest BCUT2D eigenvalue weighted by atomic mass is 19.1. The Morgan fingerprint density at radius 2 is 2.08 bits per heavy atom. The summed E-state index contributed by atoms with van der Waals surface area (Å²) in [6, 6.07) is 6.78. The van der Waals surface area contributed by atoms with Crippen LogP contribution >= 0.6 is 0 Å². The highest BCUT2D eigenvalue weighted by Gasteiger charge is 2.47. The molecular weight excluding hydrogens is 307 g/mol. The van der Waals surface area contributed by atoms with Crippen LogP contribution in [0.3, 0.4) is 0 Å². The van der Waals surface area contributed by atoms with Gasteiger partial charge in [-0.05, 0) is 37.2 Å². The van der Waals surface area contributed by atoms with Gasteiger partial charge < -0.3 is 10.2 Å². The molecule has 1 N–H and O–H groups in total. The van der Waals surface area contributed by atoms with E-state index in [2.05, 4.69) is 5.32 Å². The van der Waals surface area contributed by atoms with Crippen molar-refractivity contribution >= 4 is 11.8 Å². The molecule has 1 aliphatic heterocycles. The molecule has 128 valence electrons. The zero-order valence-corrected chi connectivity index (χ0v) is 13.7. The molecule has 3 aliphatic rings. The summed E-state index contributed by atoms with van der Waals surface area (Å²) in [4.78, 5) is 26.7. The van der Waals surface area contributed by atoms with Crippen molar-refractivity contribution in [3.05, 3.63) is 35.6 Å². The molecule has 0 unspecified atom stereocenters. The van der Waals surface area contributed by atoms with E-state index in [0.29, 0.717) is 24.1 Å². The van der Waals surface area contributed by atoms with Gasteiger partial charge in [0.05, 0.1) is 5.92 Å². The van der Waals surface area contributed by atoms with Crippen LogP contribution in [0.2, 0.25) is 0 Å². The number of rotatable bonds is 4. The number of benzene rings is 1. The third kappa shape index (κ3) is 2.80. The molecule has 4 atom stereocenters. The maximum atomic E-state index is 13.6. The minimum atomic E-state index is -0.316. The Morgan fingerprint density at radius 3 is 2.79 bits per heavy atom. The van der Waals surface area contributed by atoms with E-state index in [-0.39, 0.29) is 36.5 Å². The third-order valence-corrected chi connectivity index (χ3v) is 6.04. The van der Waals surface area contributed by atoms with Gasteiger partial charge in [-0.3, -0.25) is 9.59 Å². The van der Waals surface area contributed by atoms with E-state index >= 15 is 0 Å². The van der Waals surface area contributed by atoms with Gasteiger partial charge in [-0.2, -0.15) is 0 Å². The molecule has 2 saturated carbocycles. The summed E-state index contributed by atoms with van der Waals surface area (Å²) in [5.74, 6) is 0.768. The van der Waals surface area contributed by atoms with Gasteiger partial charge in [-0.25, -0.2) is 4.39 Å². The second-order valence-electron chi connectivity index (χ2n) is 7.50. The lowest BCUT2D eigenvalue weighted by Crippen LogP contribution is -2.41. The fraction of sp³-hybridized carbons (Fsp3) is 0.579. The van der Waals surface area contributed by atoms with E-state index in [9.17, 15) is 14.0 Å². The van der Waals surface area contributed by atoms with Crippen LogP contribution in [0, 0.1) is 23.6 Å². The van der Waals surface area contributed by atoms with Crippen LogP contribution < -0.4 is 5.32 Å². The first-order valence-corrected chi connectivity index (χ1v) is 8.92. The van der Waals surface area contributed by atoms with Crippen LogP contribution in [-0.2, 0) is 16.1 Å². The van der Waals surface area contributed by atoms with Gasteiger partial charge in [0.15, 0.2) is 0 Å². The quantitative estimate of drug-likeness (QED) is 0.922. The van der Waals surface area contributed by atoms with Crippen LogP contribution in [0.5, 0.6) is 0 Å². The van der Waals surface area contributed by atoms with Crippen molar-refractivity contribution in [1.82, 2.24) is 10.2 Å². The minimum Gasteiger partial charge on any atom is -0.352 e. The van der Waals surface area contributed by atoms with Crippen molar-refractivity contribution in [1.29, 1.82) is 0 Å². The first-order chi connectivity index (χ1) is 11.6.